The fraction of sp³-hybridized carbons (Fsp3) is 0.435. The van der Waals surface area contributed by atoms with Crippen LogP contribution in [-0.4, -0.2) is 50.6 Å². The lowest BCUT2D eigenvalue weighted by atomic mass is 9.86. The highest BCUT2D eigenvalue weighted by Gasteiger charge is 2.20. The summed E-state index contributed by atoms with van der Waals surface area (Å²) in [5.74, 6) is 0.534. The van der Waals surface area contributed by atoms with Crippen LogP contribution >= 0.6 is 11.6 Å². The number of hydrogen-bond acceptors (Lipinski definition) is 4. The molecule has 1 N–H and O–H groups in total. The molecule has 0 aromatic heterocycles. The van der Waals surface area contributed by atoms with Gasteiger partial charge in [-0.1, -0.05) is 50.6 Å². The molecule has 1 aliphatic heterocycles. The minimum Gasteiger partial charge on any atom is -0.483 e. The molecule has 156 valence electrons. The average molecular weight is 416 g/mol. The molecule has 2 aromatic rings. The number of para-hydroxylation sites is 1. The van der Waals surface area contributed by atoms with Crippen molar-refractivity contribution in [2.45, 2.75) is 26.2 Å². The molecule has 6 heteroatoms. The number of nitrogens with one attached hydrogen (secondary N) is 1. The Kier molecular flexibility index (Phi) is 6.70. The first-order chi connectivity index (χ1) is 13.7. The van der Waals surface area contributed by atoms with Crippen molar-refractivity contribution in [3.05, 3.63) is 53.1 Å². The van der Waals surface area contributed by atoms with Crippen LogP contribution in [0.15, 0.2) is 42.5 Å². The second-order valence-electron chi connectivity index (χ2n) is 8.53. The summed E-state index contributed by atoms with van der Waals surface area (Å²) in [4.78, 5) is 17.2. The van der Waals surface area contributed by atoms with Gasteiger partial charge in [-0.2, -0.15) is 0 Å². The molecule has 5 nitrogen and oxygen atoms in total. The average Bonchev–Trinajstić information content (AvgIpc) is 2.67. The van der Waals surface area contributed by atoms with Crippen molar-refractivity contribution in [2.75, 3.05) is 50.1 Å². The number of amides is 1. The Morgan fingerprint density at radius 2 is 1.79 bits per heavy atom. The van der Waals surface area contributed by atoms with Crippen molar-refractivity contribution in [2.24, 2.45) is 0 Å². The monoisotopic (exact) mass is 415 g/mol. The van der Waals surface area contributed by atoms with Crippen LogP contribution in [0.4, 0.5) is 11.4 Å². The molecule has 0 bridgehead atoms. The van der Waals surface area contributed by atoms with E-state index in [0.29, 0.717) is 5.02 Å². The molecule has 3 rings (SSSR count). The van der Waals surface area contributed by atoms with E-state index in [9.17, 15) is 4.79 Å². The van der Waals surface area contributed by atoms with E-state index in [1.807, 2.05) is 36.4 Å². The quantitative estimate of drug-likeness (QED) is 0.785. The van der Waals surface area contributed by atoms with Crippen molar-refractivity contribution in [1.29, 1.82) is 0 Å². The normalized spacial score (nSPS) is 15.3. The number of nitrogens with zero attached hydrogens (tertiary/aromatic N) is 2. The summed E-state index contributed by atoms with van der Waals surface area (Å²) in [5, 5.41) is 3.58. The number of carbonyl (C=O) groups is 1. The molecule has 1 aliphatic rings. The van der Waals surface area contributed by atoms with Gasteiger partial charge in [-0.25, -0.2) is 0 Å². The summed E-state index contributed by atoms with van der Waals surface area (Å²) < 4.78 is 5.86. The van der Waals surface area contributed by atoms with E-state index in [2.05, 4.69) is 42.9 Å². The highest BCUT2D eigenvalue weighted by atomic mass is 35.5. The van der Waals surface area contributed by atoms with Crippen molar-refractivity contribution in [3.8, 4) is 5.75 Å². The summed E-state index contributed by atoms with van der Waals surface area (Å²) in [6.45, 7) is 10.1. The van der Waals surface area contributed by atoms with E-state index in [4.69, 9.17) is 16.3 Å². The number of piperazine rings is 1. The van der Waals surface area contributed by atoms with E-state index in [1.165, 1.54) is 0 Å². The molecule has 0 atom stereocenters. The SMILES string of the molecule is CN1CCN(c2ccc(Cl)cc2NC(=O)COc2ccccc2C(C)(C)C)CC1. The molecule has 0 spiro atoms. The highest BCUT2D eigenvalue weighted by molar-refractivity contribution is 6.31. The summed E-state index contributed by atoms with van der Waals surface area (Å²) in [6.07, 6.45) is 0. The lowest BCUT2D eigenvalue weighted by molar-refractivity contribution is -0.118. The van der Waals surface area contributed by atoms with Crippen LogP contribution in [-0.2, 0) is 10.2 Å². The minimum atomic E-state index is -0.202. The molecular formula is C23H30ClN3O2. The van der Waals surface area contributed by atoms with Crippen molar-refractivity contribution in [1.82, 2.24) is 4.90 Å². The number of rotatable bonds is 5. The van der Waals surface area contributed by atoms with E-state index in [-0.39, 0.29) is 17.9 Å². The highest BCUT2D eigenvalue weighted by Crippen LogP contribution is 2.32. The number of benzene rings is 2. The molecule has 2 aromatic carbocycles. The van der Waals surface area contributed by atoms with Gasteiger partial charge in [-0.3, -0.25) is 4.79 Å². The number of hydrogen-bond donors (Lipinski definition) is 1. The van der Waals surface area contributed by atoms with E-state index < -0.39 is 0 Å². The third kappa shape index (κ3) is 5.64. The van der Waals surface area contributed by atoms with Gasteiger partial charge >= 0.3 is 0 Å². The maximum Gasteiger partial charge on any atom is 0.262 e. The van der Waals surface area contributed by atoms with Crippen molar-refractivity contribution >= 4 is 28.9 Å². The van der Waals surface area contributed by atoms with Crippen LogP contribution in [0, 0.1) is 0 Å². The smallest absolute Gasteiger partial charge is 0.262 e. The largest absolute Gasteiger partial charge is 0.483 e. The molecule has 0 unspecified atom stereocenters. The second-order valence-corrected chi connectivity index (χ2v) is 8.97. The first-order valence-electron chi connectivity index (χ1n) is 9.99. The minimum absolute atomic E-state index is 0.0538. The van der Waals surface area contributed by atoms with Crippen molar-refractivity contribution in [3.63, 3.8) is 0 Å². The van der Waals surface area contributed by atoms with Gasteiger partial charge in [0.25, 0.3) is 5.91 Å². The lowest BCUT2D eigenvalue weighted by Gasteiger charge is -2.35. The Morgan fingerprint density at radius 3 is 2.48 bits per heavy atom. The van der Waals surface area contributed by atoms with E-state index in [1.54, 1.807) is 6.07 Å². The Labute approximate surface area is 178 Å². The van der Waals surface area contributed by atoms with Gasteiger partial charge < -0.3 is 19.9 Å². The zero-order valence-electron chi connectivity index (χ0n) is 17.7. The standard InChI is InChI=1S/C23H30ClN3O2/c1-23(2,3)18-7-5-6-8-21(18)29-16-22(28)25-19-15-17(24)9-10-20(19)27-13-11-26(4)12-14-27/h5-10,15H,11-14,16H2,1-4H3,(H,25,28). The number of carbonyl (C=O) groups excluding carboxylic acids is 1. The van der Waals surface area contributed by atoms with Crippen molar-refractivity contribution < 1.29 is 9.53 Å². The summed E-state index contributed by atoms with van der Waals surface area (Å²) in [6, 6.07) is 13.5. The number of halogens is 1. The third-order valence-electron chi connectivity index (χ3n) is 5.13. The van der Waals surface area contributed by atoms with Gasteiger partial charge in [0.1, 0.15) is 5.75 Å². The predicted molar refractivity (Wildman–Crippen MR) is 120 cm³/mol. The third-order valence-corrected chi connectivity index (χ3v) is 5.37. The molecule has 1 fully saturated rings. The first-order valence-corrected chi connectivity index (χ1v) is 10.4. The molecule has 0 saturated carbocycles. The topological polar surface area (TPSA) is 44.8 Å². The summed E-state index contributed by atoms with van der Waals surface area (Å²) in [5.41, 5.74) is 2.73. The first kappa shape index (κ1) is 21.5. The molecule has 0 aliphatic carbocycles. The summed E-state index contributed by atoms with van der Waals surface area (Å²) in [7, 11) is 2.12. The van der Waals surface area contributed by atoms with Crippen LogP contribution in [0.2, 0.25) is 5.02 Å². The van der Waals surface area contributed by atoms with Gasteiger partial charge in [0, 0.05) is 31.2 Å². The lowest BCUT2D eigenvalue weighted by Crippen LogP contribution is -2.44. The fourth-order valence-corrected chi connectivity index (χ4v) is 3.65. The van der Waals surface area contributed by atoms with Crippen LogP contribution in [0.1, 0.15) is 26.3 Å². The maximum absolute atomic E-state index is 12.6. The number of ether oxygens (including phenoxy) is 1. The Bertz CT molecular complexity index is 855. The molecule has 1 amide bonds. The maximum atomic E-state index is 12.6. The van der Waals surface area contributed by atoms with E-state index >= 15 is 0 Å². The number of anilines is 2. The zero-order chi connectivity index (χ0) is 21.0. The second kappa shape index (κ2) is 9.06. The van der Waals surface area contributed by atoms with Gasteiger partial charge in [0.2, 0.25) is 0 Å². The predicted octanol–water partition coefficient (Wildman–Crippen LogP) is 4.41. The van der Waals surface area contributed by atoms with Gasteiger partial charge in [-0.15, -0.1) is 0 Å². The molecule has 1 heterocycles. The molecule has 1 saturated heterocycles. The Morgan fingerprint density at radius 1 is 1.10 bits per heavy atom. The zero-order valence-corrected chi connectivity index (χ0v) is 18.4. The van der Waals surface area contributed by atoms with Gasteiger partial charge in [0.05, 0.1) is 11.4 Å². The van der Waals surface area contributed by atoms with Crippen LogP contribution in [0.3, 0.4) is 0 Å². The molecular weight excluding hydrogens is 386 g/mol. The van der Waals surface area contributed by atoms with Gasteiger partial charge in [-0.05, 0) is 42.3 Å². The van der Waals surface area contributed by atoms with Crippen LogP contribution in [0.25, 0.3) is 0 Å². The fourth-order valence-electron chi connectivity index (χ4n) is 3.47. The van der Waals surface area contributed by atoms with E-state index in [0.717, 1.165) is 48.9 Å². The summed E-state index contributed by atoms with van der Waals surface area (Å²) >= 11 is 6.20. The number of likely N-dealkylation sites (N-methyl/N-ethyl adjacent to an activating group) is 1. The molecule has 29 heavy (non-hydrogen) atoms. The Hall–Kier alpha value is -2.24. The van der Waals surface area contributed by atoms with Gasteiger partial charge in [0.15, 0.2) is 6.61 Å². The molecule has 0 radical (unpaired) electrons. The Balaban J connectivity index is 1.69. The van der Waals surface area contributed by atoms with Crippen LogP contribution in [0.5, 0.6) is 5.75 Å². The van der Waals surface area contributed by atoms with Crippen LogP contribution < -0.4 is 15.0 Å².